The molecule has 2 amide bonds. The zero-order chi connectivity index (χ0) is 18.7. The molecule has 2 heterocycles. The summed E-state index contributed by atoms with van der Waals surface area (Å²) in [6.07, 6.45) is 0. The van der Waals surface area contributed by atoms with Crippen molar-refractivity contribution in [2.75, 3.05) is 16.4 Å². The number of anilines is 2. The number of hydrogen-bond acceptors (Lipinski definition) is 5. The zero-order valence-electron chi connectivity index (χ0n) is 14.2. The van der Waals surface area contributed by atoms with Crippen molar-refractivity contribution in [1.29, 1.82) is 0 Å². The van der Waals surface area contributed by atoms with Crippen LogP contribution in [0.15, 0.2) is 40.3 Å². The average Bonchev–Trinajstić information content (AvgIpc) is 2.95. The van der Waals surface area contributed by atoms with Crippen LogP contribution in [0, 0.1) is 6.92 Å². The lowest BCUT2D eigenvalue weighted by Gasteiger charge is -2.07. The maximum absolute atomic E-state index is 12.1. The summed E-state index contributed by atoms with van der Waals surface area (Å²) >= 11 is 1.15. The summed E-state index contributed by atoms with van der Waals surface area (Å²) in [6.45, 7) is 3.27. The van der Waals surface area contributed by atoms with E-state index in [0.29, 0.717) is 27.6 Å². The number of H-pyrrole nitrogens is 2. The van der Waals surface area contributed by atoms with E-state index >= 15 is 0 Å². The Morgan fingerprint density at radius 1 is 1.12 bits per heavy atom. The van der Waals surface area contributed by atoms with E-state index in [1.165, 1.54) is 6.92 Å². The Kier molecular flexibility index (Phi) is 5.08. The van der Waals surface area contributed by atoms with E-state index in [0.717, 1.165) is 17.5 Å². The van der Waals surface area contributed by atoms with Crippen molar-refractivity contribution in [3.05, 3.63) is 46.4 Å². The highest BCUT2D eigenvalue weighted by Gasteiger charge is 2.09. The van der Waals surface area contributed by atoms with E-state index in [4.69, 9.17) is 0 Å². The van der Waals surface area contributed by atoms with Crippen LogP contribution in [0.2, 0.25) is 0 Å². The van der Waals surface area contributed by atoms with Gasteiger partial charge < -0.3 is 15.6 Å². The number of rotatable bonds is 5. The van der Waals surface area contributed by atoms with Gasteiger partial charge in [-0.2, -0.15) is 0 Å². The standard InChI is InChI=1S/C17H17N5O3S/c1-9-7-13-15(18-9)16(25)22-17(21-13)26-8-14(24)20-12-5-3-11(4-6-12)19-10(2)23/h3-7,18H,8H2,1-2H3,(H,19,23)(H,20,24)(H,21,22,25). The van der Waals surface area contributed by atoms with Crippen LogP contribution in [0.5, 0.6) is 0 Å². The third kappa shape index (κ3) is 4.31. The Morgan fingerprint density at radius 3 is 2.42 bits per heavy atom. The molecule has 0 atom stereocenters. The number of fused-ring (bicyclic) bond motifs is 1. The first kappa shape index (κ1) is 17.7. The van der Waals surface area contributed by atoms with Gasteiger partial charge in [-0.3, -0.25) is 19.4 Å². The SMILES string of the molecule is CC(=O)Nc1ccc(NC(=O)CSc2nc3cc(C)[nH]c3c(=O)[nH]2)cc1. The van der Waals surface area contributed by atoms with Crippen LogP contribution in [-0.2, 0) is 9.59 Å². The quantitative estimate of drug-likeness (QED) is 0.405. The molecule has 3 aromatic rings. The lowest BCUT2D eigenvalue weighted by molar-refractivity contribution is -0.114. The number of hydrogen-bond donors (Lipinski definition) is 4. The molecule has 0 saturated heterocycles. The normalized spacial score (nSPS) is 10.7. The van der Waals surface area contributed by atoms with Gasteiger partial charge in [-0.05, 0) is 37.3 Å². The number of nitrogens with one attached hydrogen (secondary N) is 4. The molecule has 26 heavy (non-hydrogen) atoms. The van der Waals surface area contributed by atoms with E-state index in [1.807, 2.05) is 6.92 Å². The second-order valence-electron chi connectivity index (χ2n) is 5.68. The third-order valence-electron chi connectivity index (χ3n) is 3.43. The topological polar surface area (TPSA) is 120 Å². The minimum Gasteiger partial charge on any atom is -0.353 e. The van der Waals surface area contributed by atoms with Crippen LogP contribution in [0.4, 0.5) is 11.4 Å². The Morgan fingerprint density at radius 2 is 1.77 bits per heavy atom. The number of aromatic amines is 2. The van der Waals surface area contributed by atoms with E-state index in [9.17, 15) is 14.4 Å². The molecule has 0 radical (unpaired) electrons. The fourth-order valence-corrected chi connectivity index (χ4v) is 3.04. The summed E-state index contributed by atoms with van der Waals surface area (Å²) in [5.41, 5.74) is 2.85. The first-order valence-electron chi connectivity index (χ1n) is 7.80. The number of aromatic nitrogens is 3. The number of carbonyl (C=O) groups is 2. The maximum Gasteiger partial charge on any atom is 0.275 e. The molecule has 0 bridgehead atoms. The van der Waals surface area contributed by atoms with Crippen molar-refractivity contribution in [2.24, 2.45) is 0 Å². The molecule has 4 N–H and O–H groups in total. The molecule has 134 valence electrons. The van der Waals surface area contributed by atoms with E-state index in [-0.39, 0.29) is 23.1 Å². The molecule has 0 saturated carbocycles. The van der Waals surface area contributed by atoms with Gasteiger partial charge in [0.05, 0.1) is 11.3 Å². The van der Waals surface area contributed by atoms with Crippen LogP contribution in [0.1, 0.15) is 12.6 Å². The van der Waals surface area contributed by atoms with Crippen molar-refractivity contribution < 1.29 is 9.59 Å². The average molecular weight is 371 g/mol. The predicted molar refractivity (Wildman–Crippen MR) is 102 cm³/mol. The number of amides is 2. The number of aryl methyl sites for hydroxylation is 1. The van der Waals surface area contributed by atoms with Gasteiger partial charge in [0, 0.05) is 24.0 Å². The molecular weight excluding hydrogens is 354 g/mol. The Labute approximate surface area is 152 Å². The Balaban J connectivity index is 1.60. The van der Waals surface area contributed by atoms with Gasteiger partial charge in [0.1, 0.15) is 5.52 Å². The monoisotopic (exact) mass is 371 g/mol. The lowest BCUT2D eigenvalue weighted by Crippen LogP contribution is -2.15. The fraction of sp³-hybridized carbons (Fsp3) is 0.176. The molecule has 0 aliphatic carbocycles. The van der Waals surface area contributed by atoms with Gasteiger partial charge in [0.15, 0.2) is 5.16 Å². The summed E-state index contributed by atoms with van der Waals surface area (Å²) in [5, 5.41) is 5.79. The van der Waals surface area contributed by atoms with Crippen LogP contribution in [-0.4, -0.2) is 32.5 Å². The molecule has 0 unspecified atom stereocenters. The minimum absolute atomic E-state index is 0.102. The summed E-state index contributed by atoms with van der Waals surface area (Å²) in [6, 6.07) is 8.58. The van der Waals surface area contributed by atoms with Gasteiger partial charge in [-0.15, -0.1) is 0 Å². The molecule has 9 heteroatoms. The molecular formula is C17H17N5O3S. The van der Waals surface area contributed by atoms with Crippen molar-refractivity contribution in [3.63, 3.8) is 0 Å². The molecule has 0 fully saturated rings. The van der Waals surface area contributed by atoms with Crippen molar-refractivity contribution >= 4 is 46.0 Å². The van der Waals surface area contributed by atoms with Gasteiger partial charge in [-0.1, -0.05) is 11.8 Å². The highest BCUT2D eigenvalue weighted by molar-refractivity contribution is 7.99. The maximum atomic E-state index is 12.1. The molecule has 2 aromatic heterocycles. The van der Waals surface area contributed by atoms with Gasteiger partial charge in [0.2, 0.25) is 11.8 Å². The number of thioether (sulfide) groups is 1. The molecule has 0 spiro atoms. The second-order valence-corrected chi connectivity index (χ2v) is 6.64. The molecule has 3 rings (SSSR count). The van der Waals surface area contributed by atoms with E-state index in [1.54, 1.807) is 30.3 Å². The van der Waals surface area contributed by atoms with Crippen LogP contribution >= 0.6 is 11.8 Å². The predicted octanol–water partition coefficient (Wildman–Crippen LogP) is 2.25. The number of nitrogens with zero attached hydrogens (tertiary/aromatic N) is 1. The molecule has 8 nitrogen and oxygen atoms in total. The minimum atomic E-state index is -0.264. The van der Waals surface area contributed by atoms with Crippen molar-refractivity contribution in [3.8, 4) is 0 Å². The first-order chi connectivity index (χ1) is 12.4. The van der Waals surface area contributed by atoms with Crippen molar-refractivity contribution in [1.82, 2.24) is 15.0 Å². The highest BCUT2D eigenvalue weighted by Crippen LogP contribution is 2.17. The largest absolute Gasteiger partial charge is 0.353 e. The van der Waals surface area contributed by atoms with Gasteiger partial charge in [-0.25, -0.2) is 4.98 Å². The van der Waals surface area contributed by atoms with Crippen LogP contribution in [0.25, 0.3) is 11.0 Å². The smallest absolute Gasteiger partial charge is 0.275 e. The number of benzene rings is 1. The summed E-state index contributed by atoms with van der Waals surface area (Å²) < 4.78 is 0. The lowest BCUT2D eigenvalue weighted by atomic mass is 10.3. The van der Waals surface area contributed by atoms with Crippen LogP contribution in [0.3, 0.4) is 0 Å². The van der Waals surface area contributed by atoms with Crippen molar-refractivity contribution in [2.45, 2.75) is 19.0 Å². The summed E-state index contributed by atoms with van der Waals surface area (Å²) in [7, 11) is 0. The molecule has 0 aliphatic heterocycles. The summed E-state index contributed by atoms with van der Waals surface area (Å²) in [5.74, 6) is -0.282. The summed E-state index contributed by atoms with van der Waals surface area (Å²) in [4.78, 5) is 45.0. The fourth-order valence-electron chi connectivity index (χ4n) is 2.37. The Bertz CT molecular complexity index is 1020. The second kappa shape index (κ2) is 7.44. The van der Waals surface area contributed by atoms with Gasteiger partial charge in [0.25, 0.3) is 5.56 Å². The molecule has 0 aliphatic rings. The Hall–Kier alpha value is -3.07. The third-order valence-corrected chi connectivity index (χ3v) is 4.30. The van der Waals surface area contributed by atoms with E-state index in [2.05, 4.69) is 25.6 Å². The van der Waals surface area contributed by atoms with Crippen LogP contribution < -0.4 is 16.2 Å². The number of carbonyl (C=O) groups excluding carboxylic acids is 2. The molecule has 1 aromatic carbocycles. The zero-order valence-corrected chi connectivity index (χ0v) is 15.0. The van der Waals surface area contributed by atoms with E-state index < -0.39 is 0 Å². The van der Waals surface area contributed by atoms with Gasteiger partial charge >= 0.3 is 0 Å². The highest BCUT2D eigenvalue weighted by atomic mass is 32.2. The first-order valence-corrected chi connectivity index (χ1v) is 8.79.